The van der Waals surface area contributed by atoms with Gasteiger partial charge in [-0.15, -0.1) is 0 Å². The molecule has 26 heavy (non-hydrogen) atoms. The number of anilines is 1. The summed E-state index contributed by atoms with van der Waals surface area (Å²) < 4.78 is 5.39. The number of hydrogen-bond donors (Lipinski definition) is 1. The molecule has 134 valence electrons. The lowest BCUT2D eigenvalue weighted by atomic mass is 10.1. The molecule has 4 nitrogen and oxygen atoms in total. The van der Waals surface area contributed by atoms with Crippen molar-refractivity contribution in [3.05, 3.63) is 72.4 Å². The Kier molecular flexibility index (Phi) is 5.12. The number of para-hydroxylation sites is 2. The summed E-state index contributed by atoms with van der Waals surface area (Å²) in [6, 6.07) is 18.1. The van der Waals surface area contributed by atoms with Crippen molar-refractivity contribution in [2.75, 3.05) is 11.4 Å². The summed E-state index contributed by atoms with van der Waals surface area (Å²) in [6.45, 7) is 6.18. The van der Waals surface area contributed by atoms with Crippen molar-refractivity contribution in [3.63, 3.8) is 0 Å². The summed E-state index contributed by atoms with van der Waals surface area (Å²) in [5.41, 5.74) is 2.69. The van der Waals surface area contributed by atoms with Crippen molar-refractivity contribution in [1.82, 2.24) is 4.98 Å². The predicted octanol–water partition coefficient (Wildman–Crippen LogP) is 5.62. The Balaban J connectivity index is 0.000000181. The van der Waals surface area contributed by atoms with Gasteiger partial charge in [0.25, 0.3) is 0 Å². The van der Waals surface area contributed by atoms with E-state index < -0.39 is 5.60 Å². The zero-order chi connectivity index (χ0) is 18.6. The fourth-order valence-electron chi connectivity index (χ4n) is 2.74. The number of H-pyrrole nitrogens is 1. The second-order valence-corrected chi connectivity index (χ2v) is 7.12. The predicted molar refractivity (Wildman–Crippen MR) is 107 cm³/mol. The molecule has 0 bridgehead atoms. The smallest absolute Gasteiger partial charge is 0.415 e. The zero-order valence-corrected chi connectivity index (χ0v) is 15.4. The van der Waals surface area contributed by atoms with Crippen LogP contribution < -0.4 is 4.90 Å². The molecule has 3 aromatic rings. The molecule has 1 aliphatic heterocycles. The van der Waals surface area contributed by atoms with Gasteiger partial charge in [0.1, 0.15) is 5.60 Å². The Morgan fingerprint density at radius 3 is 2.54 bits per heavy atom. The molecule has 0 saturated carbocycles. The van der Waals surface area contributed by atoms with Crippen LogP contribution in [0.3, 0.4) is 0 Å². The number of nitrogens with one attached hydrogen (secondary N) is 1. The van der Waals surface area contributed by atoms with E-state index in [1.165, 1.54) is 10.9 Å². The first-order chi connectivity index (χ1) is 12.4. The average molecular weight is 348 g/mol. The molecule has 1 aromatic heterocycles. The van der Waals surface area contributed by atoms with E-state index in [-0.39, 0.29) is 6.09 Å². The van der Waals surface area contributed by atoms with Gasteiger partial charge in [-0.3, -0.25) is 4.90 Å². The van der Waals surface area contributed by atoms with Gasteiger partial charge in [-0.2, -0.15) is 0 Å². The minimum Gasteiger partial charge on any atom is -0.443 e. The van der Waals surface area contributed by atoms with Crippen LogP contribution in [0, 0.1) is 0 Å². The summed E-state index contributed by atoms with van der Waals surface area (Å²) in [6.07, 6.45) is 5.64. The van der Waals surface area contributed by atoms with E-state index in [2.05, 4.69) is 23.2 Å². The first-order valence-electron chi connectivity index (χ1n) is 8.72. The SMILES string of the molecule is CC(C)(C)OC(=O)N1CC=Cc2ccccc21.c1ccc2[nH]ccc2c1. The zero-order valence-electron chi connectivity index (χ0n) is 15.4. The van der Waals surface area contributed by atoms with E-state index in [0.717, 1.165) is 11.3 Å². The summed E-state index contributed by atoms with van der Waals surface area (Å²) in [4.78, 5) is 16.8. The van der Waals surface area contributed by atoms with Gasteiger partial charge < -0.3 is 9.72 Å². The maximum atomic E-state index is 12.0. The van der Waals surface area contributed by atoms with Gasteiger partial charge in [-0.25, -0.2) is 4.79 Å². The second-order valence-electron chi connectivity index (χ2n) is 7.12. The normalized spacial score (nSPS) is 13.0. The molecule has 0 spiro atoms. The lowest BCUT2D eigenvalue weighted by Gasteiger charge is -2.29. The number of ether oxygens (including phenoxy) is 1. The highest BCUT2D eigenvalue weighted by atomic mass is 16.6. The molecule has 0 fully saturated rings. The second kappa shape index (κ2) is 7.48. The average Bonchev–Trinajstić information content (AvgIpc) is 3.09. The van der Waals surface area contributed by atoms with Crippen molar-refractivity contribution < 1.29 is 9.53 Å². The number of nitrogens with zero attached hydrogens (tertiary/aromatic N) is 1. The quantitative estimate of drug-likeness (QED) is 0.573. The highest BCUT2D eigenvalue weighted by molar-refractivity contribution is 5.92. The van der Waals surface area contributed by atoms with Crippen LogP contribution in [0.1, 0.15) is 26.3 Å². The maximum Gasteiger partial charge on any atom is 0.415 e. The molecule has 0 aliphatic carbocycles. The topological polar surface area (TPSA) is 45.3 Å². The third-order valence-electron chi connectivity index (χ3n) is 3.89. The molecular formula is C22H24N2O2. The van der Waals surface area contributed by atoms with Crippen molar-refractivity contribution in [2.45, 2.75) is 26.4 Å². The first-order valence-corrected chi connectivity index (χ1v) is 8.72. The number of amides is 1. The van der Waals surface area contributed by atoms with E-state index in [0.29, 0.717) is 6.54 Å². The van der Waals surface area contributed by atoms with Crippen LogP contribution in [-0.2, 0) is 4.74 Å². The maximum absolute atomic E-state index is 12.0. The molecule has 0 atom stereocenters. The third-order valence-corrected chi connectivity index (χ3v) is 3.89. The number of hydrogen-bond acceptors (Lipinski definition) is 2. The largest absolute Gasteiger partial charge is 0.443 e. The van der Waals surface area contributed by atoms with Crippen LogP contribution in [0.2, 0.25) is 0 Å². The standard InChI is InChI=1S/C14H17NO2.C8H7N/c1-14(2,3)17-13(16)15-10-6-8-11-7-4-5-9-12(11)15;1-2-4-8-7(3-1)5-6-9-8/h4-9H,10H2,1-3H3;1-6,9H. The van der Waals surface area contributed by atoms with Gasteiger partial charge >= 0.3 is 6.09 Å². The number of carbonyl (C=O) groups is 1. The van der Waals surface area contributed by atoms with Crippen molar-refractivity contribution in [1.29, 1.82) is 0 Å². The summed E-state index contributed by atoms with van der Waals surface area (Å²) in [5.74, 6) is 0. The van der Waals surface area contributed by atoms with E-state index in [9.17, 15) is 4.79 Å². The summed E-state index contributed by atoms with van der Waals surface area (Å²) >= 11 is 0. The highest BCUT2D eigenvalue weighted by Gasteiger charge is 2.25. The lowest BCUT2D eigenvalue weighted by Crippen LogP contribution is -2.38. The van der Waals surface area contributed by atoms with E-state index in [4.69, 9.17) is 4.74 Å². The number of aromatic amines is 1. The van der Waals surface area contributed by atoms with Gasteiger partial charge in [0.05, 0.1) is 5.69 Å². The first kappa shape index (κ1) is 17.8. The van der Waals surface area contributed by atoms with Crippen LogP contribution in [0.5, 0.6) is 0 Å². The fraction of sp³-hybridized carbons (Fsp3) is 0.227. The molecule has 0 saturated heterocycles. The van der Waals surface area contributed by atoms with E-state index in [1.54, 1.807) is 4.90 Å². The number of aromatic nitrogens is 1. The van der Waals surface area contributed by atoms with E-state index in [1.807, 2.05) is 75.5 Å². The summed E-state index contributed by atoms with van der Waals surface area (Å²) in [7, 11) is 0. The molecule has 1 aliphatic rings. The molecule has 1 amide bonds. The van der Waals surface area contributed by atoms with Crippen molar-refractivity contribution in [3.8, 4) is 0 Å². The lowest BCUT2D eigenvalue weighted by molar-refractivity contribution is 0.0584. The summed E-state index contributed by atoms with van der Waals surface area (Å²) in [5, 5.41) is 1.28. The molecule has 4 rings (SSSR count). The Labute approximate surface area is 154 Å². The number of carbonyl (C=O) groups excluding carboxylic acids is 1. The van der Waals surface area contributed by atoms with Crippen LogP contribution in [0.4, 0.5) is 10.5 Å². The molecule has 2 heterocycles. The minimum absolute atomic E-state index is 0.297. The Morgan fingerprint density at radius 1 is 1.04 bits per heavy atom. The Hall–Kier alpha value is -3.01. The highest BCUT2D eigenvalue weighted by Crippen LogP contribution is 2.26. The number of benzene rings is 2. The van der Waals surface area contributed by atoms with Gasteiger partial charge in [-0.05, 0) is 49.9 Å². The molecular weight excluding hydrogens is 324 g/mol. The monoisotopic (exact) mass is 348 g/mol. The molecule has 1 N–H and O–H groups in total. The molecule has 2 aromatic carbocycles. The molecule has 0 radical (unpaired) electrons. The fourth-order valence-corrected chi connectivity index (χ4v) is 2.74. The van der Waals surface area contributed by atoms with Crippen LogP contribution in [0.25, 0.3) is 17.0 Å². The molecule has 0 unspecified atom stereocenters. The van der Waals surface area contributed by atoms with Crippen LogP contribution in [-0.4, -0.2) is 23.2 Å². The van der Waals surface area contributed by atoms with Crippen LogP contribution in [0.15, 0.2) is 66.9 Å². The van der Waals surface area contributed by atoms with Crippen molar-refractivity contribution in [2.24, 2.45) is 0 Å². The van der Waals surface area contributed by atoms with Gasteiger partial charge in [-0.1, -0.05) is 48.6 Å². The Morgan fingerprint density at radius 2 is 1.77 bits per heavy atom. The minimum atomic E-state index is -0.465. The van der Waals surface area contributed by atoms with E-state index >= 15 is 0 Å². The van der Waals surface area contributed by atoms with Crippen LogP contribution >= 0.6 is 0 Å². The van der Waals surface area contributed by atoms with Gasteiger partial charge in [0, 0.05) is 18.3 Å². The number of rotatable bonds is 0. The molecule has 4 heteroatoms. The van der Waals surface area contributed by atoms with Gasteiger partial charge in [0.2, 0.25) is 0 Å². The van der Waals surface area contributed by atoms with Crippen molar-refractivity contribution >= 4 is 28.8 Å². The Bertz CT molecular complexity index is 889. The number of fused-ring (bicyclic) bond motifs is 2. The van der Waals surface area contributed by atoms with Gasteiger partial charge in [0.15, 0.2) is 0 Å². The third kappa shape index (κ3) is 4.33.